The molecule has 1 heterocycles. The molecule has 0 fully saturated rings. The highest BCUT2D eigenvalue weighted by molar-refractivity contribution is 5.75. The van der Waals surface area contributed by atoms with E-state index in [0.29, 0.717) is 5.82 Å². The van der Waals surface area contributed by atoms with Gasteiger partial charge in [-0.15, -0.1) is 0 Å². The molecule has 0 aliphatic rings. The third-order valence-corrected chi connectivity index (χ3v) is 2.17. The van der Waals surface area contributed by atoms with Gasteiger partial charge in [-0.25, -0.2) is 13.8 Å². The summed E-state index contributed by atoms with van der Waals surface area (Å²) in [5, 5.41) is 0. The summed E-state index contributed by atoms with van der Waals surface area (Å²) in [5.41, 5.74) is 1.54. The lowest BCUT2D eigenvalue weighted by atomic mass is 10.3. The van der Waals surface area contributed by atoms with Gasteiger partial charge in [0.1, 0.15) is 5.82 Å². The number of imidazole rings is 1. The summed E-state index contributed by atoms with van der Waals surface area (Å²) in [6, 6.07) is 7.30. The van der Waals surface area contributed by atoms with Crippen molar-refractivity contribution in [1.29, 1.82) is 0 Å². The van der Waals surface area contributed by atoms with Gasteiger partial charge in [0.15, 0.2) is 0 Å². The predicted molar refractivity (Wildman–Crippen MR) is 50.5 cm³/mol. The number of para-hydroxylation sites is 2. The van der Waals surface area contributed by atoms with Crippen molar-refractivity contribution in [1.82, 2.24) is 9.55 Å². The number of alkyl halides is 2. The molecular formula is C10H10F2N2. The number of benzene rings is 1. The van der Waals surface area contributed by atoms with E-state index in [2.05, 4.69) is 4.98 Å². The number of nitrogens with zero attached hydrogens (tertiary/aromatic N) is 2. The summed E-state index contributed by atoms with van der Waals surface area (Å²) in [7, 11) is 0. The van der Waals surface area contributed by atoms with Gasteiger partial charge >= 0.3 is 0 Å². The van der Waals surface area contributed by atoms with Crippen LogP contribution >= 0.6 is 0 Å². The molecule has 0 aliphatic carbocycles. The molecule has 2 aromatic rings. The van der Waals surface area contributed by atoms with Crippen LogP contribution in [0.25, 0.3) is 11.0 Å². The zero-order valence-electron chi connectivity index (χ0n) is 7.74. The first-order valence-corrected chi connectivity index (χ1v) is 4.38. The zero-order chi connectivity index (χ0) is 10.1. The molecule has 1 aromatic heterocycles. The molecule has 0 saturated heterocycles. The Hall–Kier alpha value is -1.45. The van der Waals surface area contributed by atoms with E-state index in [4.69, 9.17) is 0 Å². The van der Waals surface area contributed by atoms with Crippen LogP contribution in [0.3, 0.4) is 0 Å². The van der Waals surface area contributed by atoms with E-state index in [1.165, 1.54) is 0 Å². The average molecular weight is 196 g/mol. The molecule has 0 atom stereocenters. The highest BCUT2D eigenvalue weighted by Gasteiger charge is 2.10. The molecule has 0 bridgehead atoms. The van der Waals surface area contributed by atoms with Crippen LogP contribution in [-0.4, -0.2) is 16.0 Å². The Morgan fingerprint density at radius 3 is 2.79 bits per heavy atom. The molecule has 4 heteroatoms. The van der Waals surface area contributed by atoms with E-state index in [1.807, 2.05) is 18.2 Å². The second-order valence-electron chi connectivity index (χ2n) is 3.15. The summed E-state index contributed by atoms with van der Waals surface area (Å²) in [6.07, 6.45) is -2.34. The lowest BCUT2D eigenvalue weighted by molar-refractivity contribution is 0.127. The van der Waals surface area contributed by atoms with Crippen LogP contribution in [0, 0.1) is 6.92 Å². The summed E-state index contributed by atoms with van der Waals surface area (Å²) < 4.78 is 26.1. The number of aromatic nitrogens is 2. The van der Waals surface area contributed by atoms with Crippen molar-refractivity contribution >= 4 is 11.0 Å². The van der Waals surface area contributed by atoms with Crippen molar-refractivity contribution < 1.29 is 8.78 Å². The molecule has 2 rings (SSSR count). The molecule has 2 nitrogen and oxygen atoms in total. The fourth-order valence-corrected chi connectivity index (χ4v) is 1.56. The highest BCUT2D eigenvalue weighted by atomic mass is 19.3. The van der Waals surface area contributed by atoms with Crippen LogP contribution in [0.2, 0.25) is 0 Å². The lowest BCUT2D eigenvalue weighted by Gasteiger charge is -2.04. The van der Waals surface area contributed by atoms with Crippen LogP contribution in [0.15, 0.2) is 24.3 Å². The number of aryl methyl sites for hydroxylation is 1. The molecular weight excluding hydrogens is 186 g/mol. The topological polar surface area (TPSA) is 17.8 Å². The Morgan fingerprint density at radius 2 is 2.07 bits per heavy atom. The van der Waals surface area contributed by atoms with Crippen LogP contribution in [0.1, 0.15) is 5.82 Å². The summed E-state index contributed by atoms with van der Waals surface area (Å²) in [5.74, 6) is 0.631. The second kappa shape index (κ2) is 3.36. The molecule has 0 unspecified atom stereocenters. The van der Waals surface area contributed by atoms with Gasteiger partial charge in [-0.3, -0.25) is 0 Å². The van der Waals surface area contributed by atoms with Crippen LogP contribution in [0.5, 0.6) is 0 Å². The van der Waals surface area contributed by atoms with E-state index in [0.717, 1.165) is 11.0 Å². The Balaban J connectivity index is 2.56. The van der Waals surface area contributed by atoms with Gasteiger partial charge in [0.25, 0.3) is 6.43 Å². The Morgan fingerprint density at radius 1 is 1.36 bits per heavy atom. The first kappa shape index (κ1) is 9.12. The minimum absolute atomic E-state index is 0.285. The number of halogens is 2. The normalized spacial score (nSPS) is 11.4. The standard InChI is InChI=1S/C10H10F2N2/c1-7-13-8-4-2-3-5-9(8)14(7)6-10(11)12/h2-5,10H,6H2,1H3. The van der Waals surface area contributed by atoms with Crippen LogP contribution < -0.4 is 0 Å². The number of hydrogen-bond donors (Lipinski definition) is 0. The van der Waals surface area contributed by atoms with Crippen LogP contribution in [-0.2, 0) is 6.54 Å². The fraction of sp³-hybridized carbons (Fsp3) is 0.300. The summed E-state index contributed by atoms with van der Waals surface area (Å²) in [6.45, 7) is 1.45. The molecule has 1 aromatic carbocycles. The van der Waals surface area contributed by atoms with Gasteiger partial charge in [0.2, 0.25) is 0 Å². The monoisotopic (exact) mass is 196 g/mol. The largest absolute Gasteiger partial charge is 0.322 e. The average Bonchev–Trinajstić information content (AvgIpc) is 2.43. The summed E-state index contributed by atoms with van der Waals surface area (Å²) in [4.78, 5) is 4.20. The Labute approximate surface area is 80.2 Å². The first-order chi connectivity index (χ1) is 6.68. The van der Waals surface area contributed by atoms with Gasteiger partial charge in [-0.05, 0) is 19.1 Å². The van der Waals surface area contributed by atoms with E-state index in [-0.39, 0.29) is 6.54 Å². The number of rotatable bonds is 2. The van der Waals surface area contributed by atoms with Gasteiger partial charge in [0.05, 0.1) is 17.6 Å². The van der Waals surface area contributed by atoms with Gasteiger partial charge < -0.3 is 4.57 Å². The van der Waals surface area contributed by atoms with Crippen molar-refractivity contribution in [3.8, 4) is 0 Å². The highest BCUT2D eigenvalue weighted by Crippen LogP contribution is 2.16. The maximum Gasteiger partial charge on any atom is 0.256 e. The van der Waals surface area contributed by atoms with Crippen LogP contribution in [0.4, 0.5) is 8.78 Å². The van der Waals surface area contributed by atoms with Gasteiger partial charge in [-0.2, -0.15) is 0 Å². The van der Waals surface area contributed by atoms with Gasteiger partial charge in [0, 0.05) is 0 Å². The van der Waals surface area contributed by atoms with Crippen molar-refractivity contribution in [3.05, 3.63) is 30.1 Å². The molecule has 0 radical (unpaired) electrons. The fourth-order valence-electron chi connectivity index (χ4n) is 1.56. The Bertz CT molecular complexity index is 448. The zero-order valence-corrected chi connectivity index (χ0v) is 7.74. The van der Waals surface area contributed by atoms with Gasteiger partial charge in [-0.1, -0.05) is 12.1 Å². The molecule has 0 amide bonds. The SMILES string of the molecule is Cc1nc2ccccc2n1CC(F)F. The van der Waals surface area contributed by atoms with E-state index in [9.17, 15) is 8.78 Å². The molecule has 74 valence electrons. The smallest absolute Gasteiger partial charge is 0.256 e. The molecule has 0 saturated carbocycles. The number of fused-ring (bicyclic) bond motifs is 1. The molecule has 0 N–H and O–H groups in total. The minimum atomic E-state index is -2.34. The molecule has 0 spiro atoms. The second-order valence-corrected chi connectivity index (χ2v) is 3.15. The molecule has 14 heavy (non-hydrogen) atoms. The van der Waals surface area contributed by atoms with E-state index < -0.39 is 6.43 Å². The maximum atomic E-state index is 12.3. The van der Waals surface area contributed by atoms with E-state index >= 15 is 0 Å². The minimum Gasteiger partial charge on any atom is -0.322 e. The van der Waals surface area contributed by atoms with Crippen molar-refractivity contribution in [2.24, 2.45) is 0 Å². The third kappa shape index (κ3) is 1.47. The Kier molecular flexibility index (Phi) is 2.19. The first-order valence-electron chi connectivity index (χ1n) is 4.38. The molecule has 0 aliphatic heterocycles. The van der Waals surface area contributed by atoms with E-state index in [1.54, 1.807) is 17.6 Å². The predicted octanol–water partition coefficient (Wildman–Crippen LogP) is 2.61. The van der Waals surface area contributed by atoms with Crippen molar-refractivity contribution in [2.45, 2.75) is 19.9 Å². The number of hydrogen-bond acceptors (Lipinski definition) is 1. The maximum absolute atomic E-state index is 12.3. The quantitative estimate of drug-likeness (QED) is 0.721. The van der Waals surface area contributed by atoms with Crippen molar-refractivity contribution in [2.75, 3.05) is 0 Å². The third-order valence-electron chi connectivity index (χ3n) is 2.17. The summed E-state index contributed by atoms with van der Waals surface area (Å²) >= 11 is 0. The lowest BCUT2D eigenvalue weighted by Crippen LogP contribution is -2.07. The van der Waals surface area contributed by atoms with Crippen molar-refractivity contribution in [3.63, 3.8) is 0 Å².